The van der Waals surface area contributed by atoms with Gasteiger partial charge in [0.2, 0.25) is 0 Å². The van der Waals surface area contributed by atoms with Crippen molar-refractivity contribution in [1.82, 2.24) is 9.55 Å². The molecule has 1 saturated heterocycles. The van der Waals surface area contributed by atoms with E-state index >= 15 is 0 Å². The van der Waals surface area contributed by atoms with E-state index in [-0.39, 0.29) is 0 Å². The van der Waals surface area contributed by atoms with Gasteiger partial charge in [0.1, 0.15) is 0 Å². The maximum atomic E-state index is 5.64. The molecule has 0 radical (unpaired) electrons. The summed E-state index contributed by atoms with van der Waals surface area (Å²) in [5, 5.41) is 0. The molecular weight excluding hydrogens is 194 g/mol. The molecule has 0 aliphatic carbocycles. The van der Waals surface area contributed by atoms with Crippen molar-refractivity contribution in [2.45, 2.75) is 25.5 Å². The number of nitrogens with zero attached hydrogens (tertiary/aromatic N) is 2. The molecule has 1 aromatic rings. The van der Waals surface area contributed by atoms with E-state index in [2.05, 4.69) is 4.98 Å². The zero-order chi connectivity index (χ0) is 10.5. The molecule has 5 nitrogen and oxygen atoms in total. The van der Waals surface area contributed by atoms with Crippen LogP contribution in [0.1, 0.15) is 12.8 Å². The minimum absolute atomic E-state index is 0.296. The first-order chi connectivity index (χ1) is 7.36. The fourth-order valence-corrected chi connectivity index (χ4v) is 1.66. The number of nitrogen functional groups attached to an aromatic ring is 1. The Labute approximate surface area is 89.2 Å². The highest BCUT2D eigenvalue weighted by Crippen LogP contribution is 2.08. The highest BCUT2D eigenvalue weighted by Gasteiger charge is 2.15. The Kier molecular flexibility index (Phi) is 3.58. The fourth-order valence-electron chi connectivity index (χ4n) is 1.66. The van der Waals surface area contributed by atoms with Crippen molar-refractivity contribution in [3.8, 4) is 0 Å². The summed E-state index contributed by atoms with van der Waals surface area (Å²) >= 11 is 0. The molecule has 15 heavy (non-hydrogen) atoms. The minimum Gasteiger partial charge on any atom is -0.379 e. The van der Waals surface area contributed by atoms with E-state index in [0.29, 0.717) is 12.1 Å². The Bertz CT molecular complexity index is 295. The summed E-state index contributed by atoms with van der Waals surface area (Å²) in [5.74, 6) is 0.569. The predicted octanol–water partition coefficient (Wildman–Crippen LogP) is 0.661. The van der Waals surface area contributed by atoms with Gasteiger partial charge in [-0.05, 0) is 12.8 Å². The summed E-state index contributed by atoms with van der Waals surface area (Å²) in [6.45, 7) is 3.19. The number of aryl methyl sites for hydroxylation is 1. The second-order valence-electron chi connectivity index (χ2n) is 3.69. The van der Waals surface area contributed by atoms with Gasteiger partial charge < -0.3 is 19.8 Å². The highest BCUT2D eigenvalue weighted by atomic mass is 16.5. The van der Waals surface area contributed by atoms with Crippen LogP contribution in [0.15, 0.2) is 12.4 Å². The standard InChI is InChI=1S/C10H17N3O2/c11-10-12-3-5-13(10)4-1-6-15-9-2-7-14-8-9/h3,5,9H,1-2,4,6-8H2,(H2,11,12). The number of imidazole rings is 1. The van der Waals surface area contributed by atoms with Gasteiger partial charge in [-0.3, -0.25) is 0 Å². The van der Waals surface area contributed by atoms with Crippen LogP contribution in [-0.2, 0) is 16.0 Å². The van der Waals surface area contributed by atoms with Crippen LogP contribution in [0.4, 0.5) is 5.95 Å². The molecule has 1 aromatic heterocycles. The van der Waals surface area contributed by atoms with Crippen molar-refractivity contribution < 1.29 is 9.47 Å². The number of hydrogen-bond acceptors (Lipinski definition) is 4. The molecular formula is C10H17N3O2. The highest BCUT2D eigenvalue weighted by molar-refractivity contribution is 5.16. The third kappa shape index (κ3) is 2.94. The second-order valence-corrected chi connectivity index (χ2v) is 3.69. The number of rotatable bonds is 5. The maximum Gasteiger partial charge on any atom is 0.200 e. The van der Waals surface area contributed by atoms with Crippen molar-refractivity contribution in [3.63, 3.8) is 0 Å². The van der Waals surface area contributed by atoms with Gasteiger partial charge in [0.25, 0.3) is 0 Å². The Balaban J connectivity index is 1.60. The van der Waals surface area contributed by atoms with Crippen molar-refractivity contribution in [1.29, 1.82) is 0 Å². The first-order valence-electron chi connectivity index (χ1n) is 5.32. The quantitative estimate of drug-likeness (QED) is 0.727. The van der Waals surface area contributed by atoms with Crippen molar-refractivity contribution >= 4 is 5.95 Å². The predicted molar refractivity (Wildman–Crippen MR) is 56.4 cm³/mol. The van der Waals surface area contributed by atoms with E-state index in [9.17, 15) is 0 Å². The topological polar surface area (TPSA) is 62.3 Å². The first-order valence-corrected chi connectivity index (χ1v) is 5.32. The van der Waals surface area contributed by atoms with E-state index in [1.54, 1.807) is 6.20 Å². The molecule has 0 spiro atoms. The van der Waals surface area contributed by atoms with Crippen LogP contribution in [0.3, 0.4) is 0 Å². The van der Waals surface area contributed by atoms with Crippen LogP contribution in [0.5, 0.6) is 0 Å². The van der Waals surface area contributed by atoms with E-state index in [4.69, 9.17) is 15.2 Å². The number of anilines is 1. The molecule has 0 aromatic carbocycles. The zero-order valence-corrected chi connectivity index (χ0v) is 8.76. The average Bonchev–Trinajstić information content (AvgIpc) is 2.85. The van der Waals surface area contributed by atoms with Crippen molar-refractivity contribution in [2.24, 2.45) is 0 Å². The molecule has 1 unspecified atom stereocenters. The van der Waals surface area contributed by atoms with Gasteiger partial charge >= 0.3 is 0 Å². The summed E-state index contributed by atoms with van der Waals surface area (Å²) in [6.07, 6.45) is 5.87. The number of ether oxygens (including phenoxy) is 2. The SMILES string of the molecule is Nc1nccn1CCCOC1CCOC1. The molecule has 0 amide bonds. The van der Waals surface area contributed by atoms with E-state index in [1.165, 1.54) is 0 Å². The summed E-state index contributed by atoms with van der Waals surface area (Å²) in [6, 6.07) is 0. The second kappa shape index (κ2) is 5.14. The van der Waals surface area contributed by atoms with Crippen LogP contribution in [-0.4, -0.2) is 35.5 Å². The number of hydrogen-bond donors (Lipinski definition) is 1. The lowest BCUT2D eigenvalue weighted by Crippen LogP contribution is -2.14. The first kappa shape index (κ1) is 10.4. The molecule has 0 saturated carbocycles. The van der Waals surface area contributed by atoms with Gasteiger partial charge in [0.05, 0.1) is 12.7 Å². The Morgan fingerprint density at radius 2 is 2.60 bits per heavy atom. The summed E-state index contributed by atoms with van der Waals surface area (Å²) in [5.41, 5.74) is 5.64. The molecule has 0 bridgehead atoms. The smallest absolute Gasteiger partial charge is 0.200 e. The molecule has 2 N–H and O–H groups in total. The third-order valence-electron chi connectivity index (χ3n) is 2.53. The average molecular weight is 211 g/mol. The van der Waals surface area contributed by atoms with Crippen LogP contribution in [0.25, 0.3) is 0 Å². The lowest BCUT2D eigenvalue weighted by atomic mass is 10.3. The molecule has 5 heteroatoms. The largest absolute Gasteiger partial charge is 0.379 e. The zero-order valence-electron chi connectivity index (χ0n) is 8.76. The van der Waals surface area contributed by atoms with E-state index in [1.807, 2.05) is 10.8 Å². The molecule has 2 rings (SSSR count). The normalized spacial score (nSPS) is 20.9. The number of nitrogens with two attached hydrogens (primary N) is 1. The minimum atomic E-state index is 0.296. The van der Waals surface area contributed by atoms with Gasteiger partial charge in [-0.15, -0.1) is 0 Å². The van der Waals surface area contributed by atoms with Gasteiger partial charge in [-0.25, -0.2) is 4.98 Å². The van der Waals surface area contributed by atoms with Crippen molar-refractivity contribution in [3.05, 3.63) is 12.4 Å². The maximum absolute atomic E-state index is 5.64. The van der Waals surface area contributed by atoms with Gasteiger partial charge in [0, 0.05) is 32.2 Å². The summed E-state index contributed by atoms with van der Waals surface area (Å²) < 4.78 is 12.8. The lowest BCUT2D eigenvalue weighted by Gasteiger charge is -2.10. The van der Waals surface area contributed by atoms with Gasteiger partial charge in [-0.1, -0.05) is 0 Å². The van der Waals surface area contributed by atoms with Gasteiger partial charge in [-0.2, -0.15) is 0 Å². The van der Waals surface area contributed by atoms with Crippen LogP contribution < -0.4 is 5.73 Å². The molecule has 1 aliphatic heterocycles. The molecule has 1 atom stereocenters. The van der Waals surface area contributed by atoms with Crippen LogP contribution in [0.2, 0.25) is 0 Å². The van der Waals surface area contributed by atoms with Gasteiger partial charge in [0.15, 0.2) is 5.95 Å². The van der Waals surface area contributed by atoms with E-state index in [0.717, 1.165) is 39.2 Å². The Morgan fingerprint density at radius 3 is 3.27 bits per heavy atom. The molecule has 84 valence electrons. The van der Waals surface area contributed by atoms with Crippen molar-refractivity contribution in [2.75, 3.05) is 25.6 Å². The lowest BCUT2D eigenvalue weighted by molar-refractivity contribution is 0.0400. The summed E-state index contributed by atoms with van der Waals surface area (Å²) in [7, 11) is 0. The Morgan fingerprint density at radius 1 is 1.67 bits per heavy atom. The molecule has 2 heterocycles. The van der Waals surface area contributed by atoms with Crippen LogP contribution >= 0.6 is 0 Å². The molecule has 1 fully saturated rings. The Hall–Kier alpha value is -1.07. The summed E-state index contributed by atoms with van der Waals surface area (Å²) in [4.78, 5) is 3.95. The van der Waals surface area contributed by atoms with Crippen LogP contribution in [0, 0.1) is 0 Å². The molecule has 1 aliphatic rings. The monoisotopic (exact) mass is 211 g/mol. The fraction of sp³-hybridized carbons (Fsp3) is 0.700. The third-order valence-corrected chi connectivity index (χ3v) is 2.53. The number of aromatic nitrogens is 2. The van der Waals surface area contributed by atoms with E-state index < -0.39 is 0 Å².